The van der Waals surface area contributed by atoms with Crippen LogP contribution in [0, 0.1) is 17.7 Å². The van der Waals surface area contributed by atoms with Gasteiger partial charge in [0.1, 0.15) is 5.82 Å². The highest BCUT2D eigenvalue weighted by atomic mass is 19.1. The van der Waals surface area contributed by atoms with E-state index in [0.717, 1.165) is 43.1 Å². The molecule has 0 saturated heterocycles. The zero-order chi connectivity index (χ0) is 23.0. The van der Waals surface area contributed by atoms with E-state index < -0.39 is 0 Å². The second kappa shape index (κ2) is 10.8. The molecule has 0 amide bonds. The van der Waals surface area contributed by atoms with E-state index in [9.17, 15) is 0 Å². The molecule has 0 spiro atoms. The maximum absolute atomic E-state index is 15.1. The Kier molecular flexibility index (Phi) is 7.38. The Labute approximate surface area is 196 Å². The van der Waals surface area contributed by atoms with Crippen molar-refractivity contribution in [3.8, 4) is 11.8 Å². The molecule has 4 rings (SSSR count). The molecule has 4 aromatic carbocycles. The van der Waals surface area contributed by atoms with Gasteiger partial charge in [-0.05, 0) is 77.9 Å². The van der Waals surface area contributed by atoms with Gasteiger partial charge in [0, 0.05) is 10.9 Å². The summed E-state index contributed by atoms with van der Waals surface area (Å²) in [6, 6.07) is 26.7. The number of hydrogen-bond acceptors (Lipinski definition) is 0. The van der Waals surface area contributed by atoms with Crippen molar-refractivity contribution < 1.29 is 4.39 Å². The van der Waals surface area contributed by atoms with Gasteiger partial charge in [-0.1, -0.05) is 85.5 Å². The lowest BCUT2D eigenvalue weighted by Gasteiger charge is -2.07. The third-order valence-corrected chi connectivity index (χ3v) is 6.08. The van der Waals surface area contributed by atoms with Crippen LogP contribution < -0.4 is 0 Å². The topological polar surface area (TPSA) is 0 Å². The highest BCUT2D eigenvalue weighted by Crippen LogP contribution is 2.23. The van der Waals surface area contributed by atoms with Crippen LogP contribution in [0.4, 0.5) is 4.39 Å². The van der Waals surface area contributed by atoms with E-state index in [1.165, 1.54) is 22.3 Å². The van der Waals surface area contributed by atoms with E-state index >= 15 is 4.39 Å². The number of benzene rings is 4. The number of hydrogen-bond donors (Lipinski definition) is 0. The number of allylic oxidation sites excluding steroid dienone is 1. The van der Waals surface area contributed by atoms with Gasteiger partial charge in [-0.3, -0.25) is 0 Å². The summed E-state index contributed by atoms with van der Waals surface area (Å²) in [5.74, 6) is 5.85. The highest BCUT2D eigenvalue weighted by Gasteiger charge is 2.07. The summed E-state index contributed by atoms with van der Waals surface area (Å²) in [6.07, 6.45) is 6.90. The number of aryl methyl sites for hydroxylation is 4. The van der Waals surface area contributed by atoms with E-state index in [4.69, 9.17) is 0 Å². The summed E-state index contributed by atoms with van der Waals surface area (Å²) >= 11 is 0. The van der Waals surface area contributed by atoms with Gasteiger partial charge >= 0.3 is 0 Å². The largest absolute Gasteiger partial charge is 0.205 e. The number of halogens is 1. The Bertz CT molecular complexity index is 1300. The van der Waals surface area contributed by atoms with Gasteiger partial charge in [0.2, 0.25) is 0 Å². The van der Waals surface area contributed by atoms with Gasteiger partial charge in [-0.25, -0.2) is 4.39 Å². The molecule has 0 aliphatic carbocycles. The van der Waals surface area contributed by atoms with Crippen molar-refractivity contribution in [1.29, 1.82) is 0 Å². The van der Waals surface area contributed by atoms with Crippen LogP contribution in [0.2, 0.25) is 0 Å². The van der Waals surface area contributed by atoms with Crippen LogP contribution in [0.5, 0.6) is 0 Å². The quantitative estimate of drug-likeness (QED) is 0.206. The minimum absolute atomic E-state index is 0.244. The molecular weight excluding hydrogens is 403 g/mol. The molecule has 0 radical (unpaired) electrons. The van der Waals surface area contributed by atoms with E-state index in [2.05, 4.69) is 67.8 Å². The van der Waals surface area contributed by atoms with Gasteiger partial charge < -0.3 is 0 Å². The molecule has 0 aromatic heterocycles. The van der Waals surface area contributed by atoms with Gasteiger partial charge in [0.25, 0.3) is 0 Å². The molecular formula is C32H29F. The summed E-state index contributed by atoms with van der Waals surface area (Å²) in [5, 5.41) is 1.54. The zero-order valence-electron chi connectivity index (χ0n) is 19.2. The predicted molar refractivity (Wildman–Crippen MR) is 138 cm³/mol. The lowest BCUT2D eigenvalue weighted by Crippen LogP contribution is -1.94. The predicted octanol–water partition coefficient (Wildman–Crippen LogP) is 7.84. The Morgan fingerprint density at radius 3 is 2.06 bits per heavy atom. The van der Waals surface area contributed by atoms with Crippen molar-refractivity contribution in [3.05, 3.63) is 131 Å². The lowest BCUT2D eigenvalue weighted by molar-refractivity contribution is 0.636. The summed E-state index contributed by atoms with van der Waals surface area (Å²) < 4.78 is 15.1. The Morgan fingerprint density at radius 2 is 1.36 bits per heavy atom. The molecule has 0 bridgehead atoms. The molecule has 0 heterocycles. The van der Waals surface area contributed by atoms with Crippen LogP contribution in [-0.4, -0.2) is 0 Å². The molecule has 0 fully saturated rings. The van der Waals surface area contributed by atoms with Crippen LogP contribution >= 0.6 is 0 Å². The summed E-state index contributed by atoms with van der Waals surface area (Å²) in [4.78, 5) is 0. The van der Waals surface area contributed by atoms with Crippen molar-refractivity contribution in [3.63, 3.8) is 0 Å². The molecule has 1 heteroatoms. The van der Waals surface area contributed by atoms with Crippen LogP contribution in [0.15, 0.2) is 91.5 Å². The van der Waals surface area contributed by atoms with Crippen LogP contribution in [-0.2, 0) is 25.7 Å². The SMILES string of the molecule is C=CCCc1ccc(CCc2ccc3c(F)c(C#Cc4ccc(CC)cc4)ccc3c2)cc1. The second-order valence-corrected chi connectivity index (χ2v) is 8.43. The minimum Gasteiger partial charge on any atom is -0.205 e. The van der Waals surface area contributed by atoms with Crippen LogP contribution in [0.3, 0.4) is 0 Å². The Balaban J connectivity index is 1.46. The maximum Gasteiger partial charge on any atom is 0.146 e. The van der Waals surface area contributed by atoms with Crippen molar-refractivity contribution in [2.45, 2.75) is 39.0 Å². The Morgan fingerprint density at radius 1 is 0.727 bits per heavy atom. The van der Waals surface area contributed by atoms with Crippen molar-refractivity contribution in [1.82, 2.24) is 0 Å². The maximum atomic E-state index is 15.1. The average molecular weight is 433 g/mol. The molecule has 0 aliphatic rings. The smallest absolute Gasteiger partial charge is 0.146 e. The fourth-order valence-electron chi connectivity index (χ4n) is 3.99. The van der Waals surface area contributed by atoms with Crippen LogP contribution in [0.25, 0.3) is 10.8 Å². The second-order valence-electron chi connectivity index (χ2n) is 8.43. The molecule has 33 heavy (non-hydrogen) atoms. The lowest BCUT2D eigenvalue weighted by atomic mass is 9.98. The summed E-state index contributed by atoms with van der Waals surface area (Å²) in [6.45, 7) is 5.91. The minimum atomic E-state index is -0.244. The third-order valence-electron chi connectivity index (χ3n) is 6.08. The number of fused-ring (bicyclic) bond motifs is 1. The summed E-state index contributed by atoms with van der Waals surface area (Å²) in [7, 11) is 0. The van der Waals surface area contributed by atoms with Crippen molar-refractivity contribution in [2.24, 2.45) is 0 Å². The highest BCUT2D eigenvalue weighted by molar-refractivity contribution is 5.85. The van der Waals surface area contributed by atoms with E-state index in [1.807, 2.05) is 36.4 Å². The first-order valence-corrected chi connectivity index (χ1v) is 11.7. The van der Waals surface area contributed by atoms with E-state index in [1.54, 1.807) is 6.07 Å². The van der Waals surface area contributed by atoms with Gasteiger partial charge in [0.05, 0.1) is 5.56 Å². The van der Waals surface area contributed by atoms with E-state index in [-0.39, 0.29) is 5.82 Å². The molecule has 0 aliphatic heterocycles. The molecule has 0 nitrogen and oxygen atoms in total. The monoisotopic (exact) mass is 432 g/mol. The summed E-state index contributed by atoms with van der Waals surface area (Å²) in [5.41, 5.74) is 6.49. The average Bonchev–Trinajstić information content (AvgIpc) is 2.86. The van der Waals surface area contributed by atoms with Gasteiger partial charge in [0.15, 0.2) is 0 Å². The third kappa shape index (κ3) is 5.79. The normalized spacial score (nSPS) is 10.6. The van der Waals surface area contributed by atoms with Crippen molar-refractivity contribution in [2.75, 3.05) is 0 Å². The standard InChI is InChI=1S/C32H29F/c1-3-5-6-25-11-13-26(14-12-25)15-16-28-18-22-31-30(23-28)21-20-29(32(31)33)19-17-27-9-7-24(4-2)8-10-27/h3,7-14,18,20-23H,1,4-6,15-16H2,2H3. The first kappa shape index (κ1) is 22.6. The molecule has 0 atom stereocenters. The molecule has 164 valence electrons. The molecule has 0 N–H and O–H groups in total. The van der Waals surface area contributed by atoms with E-state index in [0.29, 0.717) is 10.9 Å². The van der Waals surface area contributed by atoms with Crippen molar-refractivity contribution >= 4 is 10.8 Å². The first-order valence-electron chi connectivity index (χ1n) is 11.7. The van der Waals surface area contributed by atoms with Gasteiger partial charge in [-0.2, -0.15) is 0 Å². The Hall–Kier alpha value is -3.63. The first-order chi connectivity index (χ1) is 16.2. The zero-order valence-corrected chi connectivity index (χ0v) is 19.2. The fraction of sp³-hybridized carbons (Fsp3) is 0.188. The molecule has 4 aromatic rings. The number of rotatable bonds is 7. The molecule has 0 unspecified atom stereocenters. The van der Waals surface area contributed by atoms with Gasteiger partial charge in [-0.15, -0.1) is 6.58 Å². The van der Waals surface area contributed by atoms with Crippen LogP contribution in [0.1, 0.15) is 46.7 Å². The fourth-order valence-corrected chi connectivity index (χ4v) is 3.99. The molecule has 0 saturated carbocycles.